The van der Waals surface area contributed by atoms with Gasteiger partial charge in [-0.15, -0.1) is 0 Å². The van der Waals surface area contributed by atoms with Crippen LogP contribution < -0.4 is 16.6 Å². The number of nitrogens with zero attached hydrogens (tertiary/aromatic N) is 3. The van der Waals surface area contributed by atoms with Crippen LogP contribution in [0.5, 0.6) is 0 Å². The van der Waals surface area contributed by atoms with Crippen molar-refractivity contribution >= 4 is 45.0 Å². The number of amides is 1. The molecule has 2 aromatic heterocycles. The van der Waals surface area contributed by atoms with Gasteiger partial charge in [0.25, 0.3) is 17.2 Å². The van der Waals surface area contributed by atoms with Gasteiger partial charge < -0.3 is 14.9 Å². The second-order valence-electron chi connectivity index (χ2n) is 9.66. The SMILES string of the molecule is O=C(NCc1ccccc1)c1c(-n2c(=O)[nH]c3ccccc3c2=O)c2cc(Cl)ccc2n1Cc1cccc([N+](=O)[O-])c1. The first kappa shape index (κ1) is 26.7. The molecule has 2 heterocycles. The number of nitro benzene ring substituents is 1. The molecule has 0 unspecified atom stereocenters. The molecule has 42 heavy (non-hydrogen) atoms. The van der Waals surface area contributed by atoms with E-state index in [1.54, 1.807) is 59.2 Å². The maximum atomic E-state index is 14.0. The zero-order valence-corrected chi connectivity index (χ0v) is 22.7. The molecule has 0 bridgehead atoms. The largest absolute Gasteiger partial charge is 0.347 e. The number of carbonyl (C=O) groups is 1. The molecule has 1 amide bonds. The fraction of sp³-hybridized carbons (Fsp3) is 0.0645. The molecule has 10 nitrogen and oxygen atoms in total. The maximum Gasteiger partial charge on any atom is 0.333 e. The van der Waals surface area contributed by atoms with Gasteiger partial charge >= 0.3 is 5.69 Å². The fourth-order valence-electron chi connectivity index (χ4n) is 5.11. The summed E-state index contributed by atoms with van der Waals surface area (Å²) in [5, 5.41) is 15.3. The number of non-ortho nitro benzene ring substituents is 1. The Hall–Kier alpha value is -5.48. The highest BCUT2D eigenvalue weighted by Crippen LogP contribution is 2.32. The molecule has 0 fully saturated rings. The second kappa shape index (κ2) is 10.8. The van der Waals surface area contributed by atoms with Gasteiger partial charge in [-0.2, -0.15) is 0 Å². The third-order valence-electron chi connectivity index (χ3n) is 7.00. The van der Waals surface area contributed by atoms with Gasteiger partial charge in [0.1, 0.15) is 5.69 Å². The zero-order valence-electron chi connectivity index (χ0n) is 21.9. The van der Waals surface area contributed by atoms with Gasteiger partial charge in [-0.05, 0) is 41.5 Å². The lowest BCUT2D eigenvalue weighted by atomic mass is 10.2. The summed E-state index contributed by atoms with van der Waals surface area (Å²) in [6, 6.07) is 26.9. The van der Waals surface area contributed by atoms with Gasteiger partial charge in [0.15, 0.2) is 0 Å². The molecule has 0 saturated heterocycles. The van der Waals surface area contributed by atoms with Gasteiger partial charge in [0, 0.05) is 35.6 Å². The van der Waals surface area contributed by atoms with E-state index in [1.807, 2.05) is 30.3 Å². The average Bonchev–Trinajstić information content (AvgIpc) is 3.29. The number of benzene rings is 4. The standard InChI is InChI=1S/C31H22ClN5O5/c32-21-13-14-26-24(16-21)27(36-30(39)23-11-4-5-12-25(23)34-31(36)40)28(29(38)33-17-19-7-2-1-3-8-19)35(26)18-20-9-6-10-22(15-20)37(41)42/h1-16H,17-18H2,(H,33,38)(H,34,40). The van der Waals surface area contributed by atoms with E-state index in [-0.39, 0.29) is 35.5 Å². The van der Waals surface area contributed by atoms with Crippen molar-refractivity contribution in [1.29, 1.82) is 0 Å². The van der Waals surface area contributed by atoms with Crippen LogP contribution in [0, 0.1) is 10.1 Å². The Morgan fingerprint density at radius 3 is 2.40 bits per heavy atom. The van der Waals surface area contributed by atoms with Crippen molar-refractivity contribution in [2.24, 2.45) is 0 Å². The van der Waals surface area contributed by atoms with Crippen LogP contribution in [0.1, 0.15) is 21.6 Å². The van der Waals surface area contributed by atoms with Gasteiger partial charge in [0.05, 0.1) is 27.0 Å². The predicted octanol–water partition coefficient (Wildman–Crippen LogP) is 5.17. The van der Waals surface area contributed by atoms with Crippen molar-refractivity contribution in [3.63, 3.8) is 0 Å². The van der Waals surface area contributed by atoms with E-state index in [0.29, 0.717) is 27.0 Å². The number of aromatic nitrogens is 3. The molecule has 0 radical (unpaired) electrons. The third kappa shape index (κ3) is 4.84. The van der Waals surface area contributed by atoms with Crippen LogP contribution in [0.25, 0.3) is 27.5 Å². The molecule has 0 atom stereocenters. The van der Waals surface area contributed by atoms with Crippen molar-refractivity contribution in [1.82, 2.24) is 19.4 Å². The molecule has 2 N–H and O–H groups in total. The normalized spacial score (nSPS) is 11.2. The third-order valence-corrected chi connectivity index (χ3v) is 7.24. The number of para-hydroxylation sites is 1. The zero-order chi connectivity index (χ0) is 29.4. The summed E-state index contributed by atoms with van der Waals surface area (Å²) in [4.78, 5) is 55.0. The number of nitro groups is 1. The van der Waals surface area contributed by atoms with Crippen LogP contribution in [0.3, 0.4) is 0 Å². The molecule has 4 aromatic carbocycles. The number of halogens is 1. The Morgan fingerprint density at radius 1 is 0.881 bits per heavy atom. The second-order valence-corrected chi connectivity index (χ2v) is 10.1. The number of fused-ring (bicyclic) bond motifs is 2. The number of rotatable bonds is 7. The lowest BCUT2D eigenvalue weighted by Crippen LogP contribution is -2.36. The van der Waals surface area contributed by atoms with Crippen molar-refractivity contribution in [2.45, 2.75) is 13.1 Å². The minimum Gasteiger partial charge on any atom is -0.347 e. The molecule has 0 aliphatic heterocycles. The van der Waals surface area contributed by atoms with Crippen LogP contribution >= 0.6 is 11.6 Å². The molecule has 6 aromatic rings. The summed E-state index contributed by atoms with van der Waals surface area (Å²) in [5.74, 6) is -0.550. The lowest BCUT2D eigenvalue weighted by molar-refractivity contribution is -0.384. The highest BCUT2D eigenvalue weighted by Gasteiger charge is 2.27. The van der Waals surface area contributed by atoms with E-state index in [2.05, 4.69) is 10.3 Å². The van der Waals surface area contributed by atoms with Gasteiger partial charge in [-0.1, -0.05) is 66.2 Å². The van der Waals surface area contributed by atoms with Crippen LogP contribution in [0.4, 0.5) is 5.69 Å². The van der Waals surface area contributed by atoms with Crippen LogP contribution in [0.15, 0.2) is 107 Å². The first-order valence-electron chi connectivity index (χ1n) is 12.9. The van der Waals surface area contributed by atoms with E-state index in [1.165, 1.54) is 12.1 Å². The molecule has 0 spiro atoms. The number of carbonyl (C=O) groups excluding carboxylic acids is 1. The molecule has 0 saturated carbocycles. The number of hydrogen-bond acceptors (Lipinski definition) is 5. The summed E-state index contributed by atoms with van der Waals surface area (Å²) >= 11 is 6.39. The summed E-state index contributed by atoms with van der Waals surface area (Å²) in [6.07, 6.45) is 0. The molecule has 0 aliphatic rings. The molecular formula is C31H22ClN5O5. The van der Waals surface area contributed by atoms with Gasteiger partial charge in [-0.25, -0.2) is 9.36 Å². The molecule has 11 heteroatoms. The van der Waals surface area contributed by atoms with E-state index in [4.69, 9.17) is 11.6 Å². The van der Waals surface area contributed by atoms with Crippen molar-refractivity contribution in [3.8, 4) is 5.69 Å². The van der Waals surface area contributed by atoms with Crippen molar-refractivity contribution < 1.29 is 9.72 Å². The number of H-pyrrole nitrogens is 1. The molecular weight excluding hydrogens is 558 g/mol. The monoisotopic (exact) mass is 579 g/mol. The molecule has 6 rings (SSSR count). The van der Waals surface area contributed by atoms with Crippen LogP contribution in [0.2, 0.25) is 5.02 Å². The number of nitrogens with one attached hydrogen (secondary N) is 2. The Balaban J connectivity index is 1.63. The Kier molecular flexibility index (Phi) is 6.89. The highest BCUT2D eigenvalue weighted by atomic mass is 35.5. The minimum absolute atomic E-state index is 0.0255. The van der Waals surface area contributed by atoms with E-state index in [9.17, 15) is 24.5 Å². The van der Waals surface area contributed by atoms with E-state index in [0.717, 1.165) is 10.1 Å². The summed E-state index contributed by atoms with van der Waals surface area (Å²) in [7, 11) is 0. The van der Waals surface area contributed by atoms with Crippen molar-refractivity contribution in [3.05, 3.63) is 150 Å². The van der Waals surface area contributed by atoms with E-state index < -0.39 is 22.1 Å². The first-order valence-corrected chi connectivity index (χ1v) is 13.3. The number of aromatic amines is 1. The molecule has 208 valence electrons. The predicted molar refractivity (Wildman–Crippen MR) is 160 cm³/mol. The maximum absolute atomic E-state index is 14.0. The Bertz CT molecular complexity index is 2130. The van der Waals surface area contributed by atoms with Gasteiger partial charge in [-0.3, -0.25) is 19.7 Å². The van der Waals surface area contributed by atoms with Gasteiger partial charge in [0.2, 0.25) is 0 Å². The van der Waals surface area contributed by atoms with E-state index >= 15 is 0 Å². The highest BCUT2D eigenvalue weighted by molar-refractivity contribution is 6.31. The number of hydrogen-bond donors (Lipinski definition) is 2. The lowest BCUT2D eigenvalue weighted by Gasteiger charge is -2.14. The summed E-state index contributed by atoms with van der Waals surface area (Å²) in [6.45, 7) is 0.218. The smallest absolute Gasteiger partial charge is 0.333 e. The van der Waals surface area contributed by atoms with Crippen molar-refractivity contribution in [2.75, 3.05) is 0 Å². The average molecular weight is 580 g/mol. The molecule has 0 aliphatic carbocycles. The Morgan fingerprint density at radius 2 is 1.62 bits per heavy atom. The summed E-state index contributed by atoms with van der Waals surface area (Å²) in [5.41, 5.74) is 0.882. The quantitative estimate of drug-likeness (QED) is 0.199. The topological polar surface area (TPSA) is 132 Å². The first-order chi connectivity index (χ1) is 20.3. The fourth-order valence-corrected chi connectivity index (χ4v) is 5.28. The van der Waals surface area contributed by atoms with Crippen LogP contribution in [-0.4, -0.2) is 24.9 Å². The van der Waals surface area contributed by atoms with Crippen LogP contribution in [-0.2, 0) is 13.1 Å². The Labute approximate surface area is 242 Å². The summed E-state index contributed by atoms with van der Waals surface area (Å²) < 4.78 is 2.59. The minimum atomic E-state index is -0.731.